The van der Waals surface area contributed by atoms with Crippen LogP contribution in [0.2, 0.25) is 0 Å². The summed E-state index contributed by atoms with van der Waals surface area (Å²) >= 11 is 0. The minimum absolute atomic E-state index is 0.102. The van der Waals surface area contributed by atoms with Crippen LogP contribution in [0.4, 0.5) is 0 Å². The Kier molecular flexibility index (Phi) is 7.15. The maximum atomic E-state index is 11.0. The van der Waals surface area contributed by atoms with Crippen LogP contribution >= 0.6 is 0 Å². The van der Waals surface area contributed by atoms with Crippen LogP contribution in [0, 0.1) is 11.3 Å². The highest BCUT2D eigenvalue weighted by Crippen LogP contribution is 2.41. The van der Waals surface area contributed by atoms with E-state index in [9.17, 15) is 13.7 Å². The van der Waals surface area contributed by atoms with Gasteiger partial charge in [0, 0.05) is 41.8 Å². The van der Waals surface area contributed by atoms with Crippen molar-refractivity contribution in [1.29, 1.82) is 5.26 Å². The van der Waals surface area contributed by atoms with Crippen LogP contribution in [0.3, 0.4) is 0 Å². The molecular formula is C25H21N5O2S. The second-order valence-electron chi connectivity index (χ2n) is 7.38. The van der Waals surface area contributed by atoms with Crippen molar-refractivity contribution in [2.75, 3.05) is 0 Å². The summed E-state index contributed by atoms with van der Waals surface area (Å²) in [6.45, 7) is 0.102. The molecule has 8 heteroatoms. The second-order valence-corrected chi connectivity index (χ2v) is 8.21. The lowest BCUT2D eigenvalue weighted by Gasteiger charge is -2.28. The summed E-state index contributed by atoms with van der Waals surface area (Å²) in [7, 11) is -2.72. The molecule has 4 rings (SSSR count). The number of hydrogen-bond acceptors (Lipinski definition) is 6. The molecule has 0 radical (unpaired) electrons. The molecule has 0 aliphatic heterocycles. The first-order chi connectivity index (χ1) is 16.2. The normalized spacial score (nSPS) is 12.7. The van der Waals surface area contributed by atoms with E-state index in [1.807, 2.05) is 60.7 Å². The van der Waals surface area contributed by atoms with Crippen molar-refractivity contribution < 1.29 is 8.42 Å². The van der Waals surface area contributed by atoms with Crippen molar-refractivity contribution in [2.45, 2.75) is 18.4 Å². The Balaban J connectivity index is 1.91. The topological polar surface area (TPSA) is 109 Å². The van der Waals surface area contributed by atoms with Crippen LogP contribution in [-0.2, 0) is 17.4 Å². The Bertz CT molecular complexity index is 1330. The highest BCUT2D eigenvalue weighted by molar-refractivity contribution is 7.70. The summed E-state index contributed by atoms with van der Waals surface area (Å²) in [5.74, 6) is -0.529. The Morgan fingerprint density at radius 1 is 0.879 bits per heavy atom. The average molecular weight is 456 g/mol. The number of nitrogens with one attached hydrogen (secondary N) is 1. The van der Waals surface area contributed by atoms with Gasteiger partial charge >= 0.3 is 0 Å². The SMILES string of the molecule is N#Cc1cccc(C(c2ccccn2)C(c2cccnc2)c2cccc(CN[SH](=O)=O)n2)c1. The van der Waals surface area contributed by atoms with Crippen molar-refractivity contribution >= 4 is 10.9 Å². The van der Waals surface area contributed by atoms with E-state index in [1.54, 1.807) is 30.7 Å². The van der Waals surface area contributed by atoms with E-state index in [1.165, 1.54) is 0 Å². The molecule has 0 saturated heterocycles. The lowest BCUT2D eigenvalue weighted by Crippen LogP contribution is -2.19. The van der Waals surface area contributed by atoms with Crippen LogP contribution in [0.15, 0.2) is 91.4 Å². The molecule has 2 unspecified atom stereocenters. The quantitative estimate of drug-likeness (QED) is 0.395. The van der Waals surface area contributed by atoms with E-state index in [2.05, 4.69) is 20.8 Å². The molecule has 0 aliphatic carbocycles. The van der Waals surface area contributed by atoms with Crippen molar-refractivity contribution in [2.24, 2.45) is 0 Å². The Morgan fingerprint density at radius 3 is 2.39 bits per heavy atom. The molecule has 0 aliphatic rings. The molecule has 3 heterocycles. The molecule has 1 N–H and O–H groups in total. The van der Waals surface area contributed by atoms with Crippen molar-refractivity contribution in [3.8, 4) is 6.07 Å². The summed E-state index contributed by atoms with van der Waals surface area (Å²) in [6, 6.07) is 24.9. The Hall–Kier alpha value is -3.93. The summed E-state index contributed by atoms with van der Waals surface area (Å²) in [5.41, 5.74) is 4.60. The van der Waals surface area contributed by atoms with Gasteiger partial charge in [0.05, 0.1) is 23.9 Å². The third kappa shape index (κ3) is 5.47. The zero-order chi connectivity index (χ0) is 23.0. The maximum Gasteiger partial charge on any atom is 0.201 e. The lowest BCUT2D eigenvalue weighted by atomic mass is 9.77. The number of benzene rings is 1. The van der Waals surface area contributed by atoms with Gasteiger partial charge in [-0.15, -0.1) is 0 Å². The Morgan fingerprint density at radius 2 is 1.67 bits per heavy atom. The van der Waals surface area contributed by atoms with Gasteiger partial charge in [0.2, 0.25) is 10.9 Å². The van der Waals surface area contributed by atoms with E-state index in [0.717, 1.165) is 22.5 Å². The first-order valence-corrected chi connectivity index (χ1v) is 11.5. The molecule has 33 heavy (non-hydrogen) atoms. The van der Waals surface area contributed by atoms with E-state index in [0.29, 0.717) is 11.3 Å². The fourth-order valence-corrected chi connectivity index (χ4v) is 4.20. The first kappa shape index (κ1) is 22.3. The van der Waals surface area contributed by atoms with Crippen LogP contribution in [0.1, 0.15) is 45.6 Å². The van der Waals surface area contributed by atoms with Gasteiger partial charge in [0.25, 0.3) is 0 Å². The number of rotatable bonds is 8. The first-order valence-electron chi connectivity index (χ1n) is 10.3. The minimum Gasteiger partial charge on any atom is -0.264 e. The summed E-state index contributed by atoms with van der Waals surface area (Å²) < 4.78 is 24.4. The molecular weight excluding hydrogens is 434 g/mol. The van der Waals surface area contributed by atoms with Gasteiger partial charge in [-0.2, -0.15) is 5.26 Å². The van der Waals surface area contributed by atoms with E-state index >= 15 is 0 Å². The summed E-state index contributed by atoms with van der Waals surface area (Å²) in [6.07, 6.45) is 5.26. The van der Waals surface area contributed by atoms with Gasteiger partial charge in [-0.3, -0.25) is 15.0 Å². The van der Waals surface area contributed by atoms with Crippen molar-refractivity contribution in [3.05, 3.63) is 125 Å². The number of thiol groups is 1. The fraction of sp³-hybridized carbons (Fsp3) is 0.120. The molecule has 2 atom stereocenters. The molecule has 0 amide bonds. The molecule has 0 fully saturated rings. The molecule has 1 aromatic carbocycles. The summed E-state index contributed by atoms with van der Waals surface area (Å²) in [5, 5.41) is 9.48. The fourth-order valence-electron chi connectivity index (χ4n) is 3.90. The number of aromatic nitrogens is 3. The number of nitrogens with zero attached hydrogens (tertiary/aromatic N) is 4. The van der Waals surface area contributed by atoms with Gasteiger partial charge in [-0.25, -0.2) is 13.1 Å². The van der Waals surface area contributed by atoms with Gasteiger partial charge in [-0.1, -0.05) is 30.3 Å². The average Bonchev–Trinajstić information content (AvgIpc) is 2.87. The third-order valence-corrected chi connectivity index (χ3v) is 5.71. The molecule has 164 valence electrons. The van der Waals surface area contributed by atoms with Crippen LogP contribution in [-0.4, -0.2) is 23.4 Å². The smallest absolute Gasteiger partial charge is 0.201 e. The summed E-state index contributed by atoms with van der Waals surface area (Å²) in [4.78, 5) is 13.8. The zero-order valence-corrected chi connectivity index (χ0v) is 18.5. The number of pyridine rings is 3. The van der Waals surface area contributed by atoms with Gasteiger partial charge in [-0.05, 0) is 53.6 Å². The van der Waals surface area contributed by atoms with Crippen molar-refractivity contribution in [1.82, 2.24) is 19.7 Å². The van der Waals surface area contributed by atoms with E-state index in [-0.39, 0.29) is 18.4 Å². The highest BCUT2D eigenvalue weighted by atomic mass is 32.2. The standard InChI is InChI=1S/C25H21N5O2S/c26-15-18-6-3-7-19(14-18)24(22-10-1-2-13-28-22)25(20-8-5-12-27-16-20)23-11-4-9-21(30-23)17-29-33(31)32/h1-14,16,24-25,33H,17H2,(H,29,31,32). The van der Waals surface area contributed by atoms with E-state index in [4.69, 9.17) is 4.98 Å². The maximum absolute atomic E-state index is 11.0. The molecule has 4 aromatic rings. The second kappa shape index (κ2) is 10.6. The van der Waals surface area contributed by atoms with Crippen LogP contribution < -0.4 is 4.72 Å². The molecule has 0 bridgehead atoms. The van der Waals surface area contributed by atoms with Gasteiger partial charge in [0.15, 0.2) is 0 Å². The third-order valence-electron chi connectivity index (χ3n) is 5.29. The Labute approximate surface area is 193 Å². The number of nitriles is 1. The van der Waals surface area contributed by atoms with E-state index < -0.39 is 10.9 Å². The molecule has 0 spiro atoms. The predicted molar refractivity (Wildman–Crippen MR) is 125 cm³/mol. The van der Waals surface area contributed by atoms with Gasteiger partial charge < -0.3 is 0 Å². The molecule has 3 aromatic heterocycles. The lowest BCUT2D eigenvalue weighted by molar-refractivity contribution is 0.599. The minimum atomic E-state index is -2.72. The van der Waals surface area contributed by atoms with Crippen molar-refractivity contribution in [3.63, 3.8) is 0 Å². The van der Waals surface area contributed by atoms with Crippen LogP contribution in [0.25, 0.3) is 0 Å². The van der Waals surface area contributed by atoms with Gasteiger partial charge in [0.1, 0.15) is 0 Å². The monoisotopic (exact) mass is 455 g/mol. The predicted octanol–water partition coefficient (Wildman–Crippen LogP) is 3.32. The molecule has 0 saturated carbocycles. The largest absolute Gasteiger partial charge is 0.264 e. The highest BCUT2D eigenvalue weighted by Gasteiger charge is 2.30. The van der Waals surface area contributed by atoms with Crippen LogP contribution in [0.5, 0.6) is 0 Å². The number of hydrogen-bond donors (Lipinski definition) is 2. The zero-order valence-electron chi connectivity index (χ0n) is 17.6. The molecule has 7 nitrogen and oxygen atoms in total.